The van der Waals surface area contributed by atoms with E-state index in [1.807, 2.05) is 0 Å². The highest BCUT2D eigenvalue weighted by atomic mass is 79.9. The Bertz CT molecular complexity index is 585. The van der Waals surface area contributed by atoms with Gasteiger partial charge in [0.05, 0.1) is 29.4 Å². The zero-order chi connectivity index (χ0) is 14.3. The van der Waals surface area contributed by atoms with E-state index in [1.54, 1.807) is 10.8 Å². The lowest BCUT2D eigenvalue weighted by molar-refractivity contribution is -0.0165. The lowest BCUT2D eigenvalue weighted by atomic mass is 10.0. The minimum Gasteiger partial charge on any atom is -0.465 e. The van der Waals surface area contributed by atoms with Crippen LogP contribution in [0.2, 0.25) is 0 Å². The molecule has 2 aliphatic heterocycles. The van der Waals surface area contributed by atoms with Crippen LogP contribution in [-0.4, -0.2) is 29.9 Å². The van der Waals surface area contributed by atoms with Crippen molar-refractivity contribution >= 4 is 21.9 Å². The van der Waals surface area contributed by atoms with Crippen molar-refractivity contribution < 1.29 is 14.3 Å². The number of methoxy groups -OCH3 is 1. The molecule has 0 radical (unpaired) electrons. The number of aromatic nitrogens is 1. The van der Waals surface area contributed by atoms with Crippen molar-refractivity contribution in [2.45, 2.75) is 43.9 Å². The number of hydrogen-bond donors (Lipinski definition) is 0. The number of carbonyl (C=O) groups is 1. The fourth-order valence-corrected chi connectivity index (χ4v) is 3.58. The predicted octanol–water partition coefficient (Wildman–Crippen LogP) is 2.28. The van der Waals surface area contributed by atoms with Gasteiger partial charge >= 0.3 is 5.97 Å². The summed E-state index contributed by atoms with van der Waals surface area (Å²) in [6, 6.07) is 1.60. The quantitative estimate of drug-likeness (QED) is 0.774. The molecule has 108 valence electrons. The monoisotopic (exact) mass is 341 g/mol. The van der Waals surface area contributed by atoms with E-state index < -0.39 is 5.97 Å². The Morgan fingerprint density at radius 3 is 2.65 bits per heavy atom. The Morgan fingerprint density at radius 1 is 1.40 bits per heavy atom. The topological polar surface area (TPSA) is 57.5 Å². The van der Waals surface area contributed by atoms with Crippen molar-refractivity contribution in [2.24, 2.45) is 0 Å². The lowest BCUT2D eigenvalue weighted by Gasteiger charge is -2.30. The van der Waals surface area contributed by atoms with Gasteiger partial charge in [0.25, 0.3) is 5.56 Å². The van der Waals surface area contributed by atoms with Crippen LogP contribution in [0.25, 0.3) is 0 Å². The summed E-state index contributed by atoms with van der Waals surface area (Å²) in [5.41, 5.74) is 0.279. The highest BCUT2D eigenvalue weighted by Crippen LogP contribution is 2.37. The Labute approximate surface area is 125 Å². The number of hydrogen-bond acceptors (Lipinski definition) is 4. The summed E-state index contributed by atoms with van der Waals surface area (Å²) in [4.78, 5) is 24.0. The predicted molar refractivity (Wildman–Crippen MR) is 75.9 cm³/mol. The van der Waals surface area contributed by atoms with Crippen molar-refractivity contribution in [3.05, 3.63) is 32.7 Å². The van der Waals surface area contributed by atoms with Crippen LogP contribution < -0.4 is 5.56 Å². The van der Waals surface area contributed by atoms with Crippen LogP contribution in [0.4, 0.5) is 0 Å². The maximum Gasteiger partial charge on any atom is 0.339 e. The molecule has 0 aromatic carbocycles. The molecule has 6 heteroatoms. The van der Waals surface area contributed by atoms with Gasteiger partial charge in [-0.1, -0.05) is 0 Å². The molecule has 0 saturated carbocycles. The standard InChI is InChI=1S/C14H16BrNO4/c1-19-14(18)8-4-12(15)13(17)16(7-8)9-5-10-2-3-11(6-9)20-10/h4,7,9-11H,2-3,5-6H2,1H3. The first kappa shape index (κ1) is 13.8. The molecular weight excluding hydrogens is 326 g/mol. The van der Waals surface area contributed by atoms with Gasteiger partial charge in [0.2, 0.25) is 0 Å². The molecule has 0 aliphatic carbocycles. The maximum atomic E-state index is 12.3. The molecule has 2 fully saturated rings. The lowest BCUT2D eigenvalue weighted by Crippen LogP contribution is -2.33. The second kappa shape index (κ2) is 5.33. The van der Waals surface area contributed by atoms with Crippen molar-refractivity contribution in [1.29, 1.82) is 0 Å². The highest BCUT2D eigenvalue weighted by Gasteiger charge is 2.36. The van der Waals surface area contributed by atoms with Gasteiger partial charge in [-0.2, -0.15) is 0 Å². The first-order chi connectivity index (χ1) is 9.58. The largest absolute Gasteiger partial charge is 0.465 e. The molecular formula is C14H16BrNO4. The minimum absolute atomic E-state index is 0.0923. The van der Waals surface area contributed by atoms with Gasteiger partial charge in [0.15, 0.2) is 0 Å². The number of rotatable bonds is 2. The van der Waals surface area contributed by atoms with Gasteiger partial charge in [-0.15, -0.1) is 0 Å². The number of ether oxygens (including phenoxy) is 2. The zero-order valence-electron chi connectivity index (χ0n) is 11.2. The van der Waals surface area contributed by atoms with Gasteiger partial charge in [-0.05, 0) is 47.7 Å². The molecule has 1 aromatic rings. The summed E-state index contributed by atoms with van der Waals surface area (Å²) >= 11 is 3.23. The first-order valence-electron chi connectivity index (χ1n) is 6.74. The van der Waals surface area contributed by atoms with E-state index in [-0.39, 0.29) is 23.8 Å². The van der Waals surface area contributed by atoms with Crippen LogP contribution in [-0.2, 0) is 9.47 Å². The van der Waals surface area contributed by atoms with E-state index in [0.29, 0.717) is 10.0 Å². The van der Waals surface area contributed by atoms with Gasteiger partial charge < -0.3 is 14.0 Å². The number of pyridine rings is 1. The second-order valence-corrected chi connectivity index (χ2v) is 6.22. The number of nitrogens with zero attached hydrogens (tertiary/aromatic N) is 1. The van der Waals surface area contributed by atoms with E-state index in [9.17, 15) is 9.59 Å². The zero-order valence-corrected chi connectivity index (χ0v) is 12.8. The van der Waals surface area contributed by atoms with Crippen molar-refractivity contribution in [3.8, 4) is 0 Å². The highest BCUT2D eigenvalue weighted by molar-refractivity contribution is 9.10. The molecule has 1 aromatic heterocycles. The van der Waals surface area contributed by atoms with Crippen molar-refractivity contribution in [3.63, 3.8) is 0 Å². The normalized spacial score (nSPS) is 28.4. The second-order valence-electron chi connectivity index (χ2n) is 5.36. The Hall–Kier alpha value is -1.14. The molecule has 20 heavy (non-hydrogen) atoms. The number of esters is 1. The summed E-state index contributed by atoms with van der Waals surface area (Å²) in [6.07, 6.45) is 5.87. The Balaban J connectivity index is 1.98. The average molecular weight is 342 g/mol. The Morgan fingerprint density at radius 2 is 2.05 bits per heavy atom. The third kappa shape index (κ3) is 2.42. The van der Waals surface area contributed by atoms with Gasteiger partial charge in [0, 0.05) is 12.2 Å². The molecule has 2 atom stereocenters. The van der Waals surface area contributed by atoms with E-state index >= 15 is 0 Å². The molecule has 2 saturated heterocycles. The first-order valence-corrected chi connectivity index (χ1v) is 7.53. The summed E-state index contributed by atoms with van der Waals surface area (Å²) in [6.45, 7) is 0. The van der Waals surface area contributed by atoms with Crippen LogP contribution in [0.3, 0.4) is 0 Å². The van der Waals surface area contributed by atoms with E-state index in [4.69, 9.17) is 9.47 Å². The SMILES string of the molecule is COC(=O)c1cc(Br)c(=O)n(C2CC3CCC(C2)O3)c1. The minimum atomic E-state index is -0.436. The molecule has 2 aliphatic rings. The summed E-state index contributed by atoms with van der Waals surface area (Å²) in [5, 5.41) is 0. The summed E-state index contributed by atoms with van der Waals surface area (Å²) in [5.74, 6) is -0.436. The Kier molecular flexibility index (Phi) is 3.69. The van der Waals surface area contributed by atoms with Crippen LogP contribution >= 0.6 is 15.9 Å². The third-order valence-electron chi connectivity index (χ3n) is 4.08. The molecule has 3 heterocycles. The van der Waals surface area contributed by atoms with E-state index in [1.165, 1.54) is 13.2 Å². The molecule has 2 bridgehead atoms. The van der Waals surface area contributed by atoms with Crippen LogP contribution in [0, 0.1) is 0 Å². The molecule has 2 unspecified atom stereocenters. The number of halogens is 1. The summed E-state index contributed by atoms with van der Waals surface area (Å²) < 4.78 is 12.6. The van der Waals surface area contributed by atoms with Crippen LogP contribution in [0.1, 0.15) is 42.1 Å². The molecule has 3 rings (SSSR count). The van der Waals surface area contributed by atoms with E-state index in [2.05, 4.69) is 15.9 Å². The molecule has 5 nitrogen and oxygen atoms in total. The third-order valence-corrected chi connectivity index (χ3v) is 4.65. The number of fused-ring (bicyclic) bond motifs is 2. The fourth-order valence-electron chi connectivity index (χ4n) is 3.13. The summed E-state index contributed by atoms with van der Waals surface area (Å²) in [7, 11) is 1.33. The molecule has 0 N–H and O–H groups in total. The van der Waals surface area contributed by atoms with Crippen LogP contribution in [0.15, 0.2) is 21.5 Å². The van der Waals surface area contributed by atoms with Crippen LogP contribution in [0.5, 0.6) is 0 Å². The molecule has 0 amide bonds. The van der Waals surface area contributed by atoms with Gasteiger partial charge in [-0.3, -0.25) is 4.79 Å². The van der Waals surface area contributed by atoms with Gasteiger partial charge in [0.1, 0.15) is 0 Å². The van der Waals surface area contributed by atoms with E-state index in [0.717, 1.165) is 25.7 Å². The fraction of sp³-hybridized carbons (Fsp3) is 0.571. The van der Waals surface area contributed by atoms with Crippen molar-refractivity contribution in [1.82, 2.24) is 4.57 Å². The maximum absolute atomic E-state index is 12.3. The number of carbonyl (C=O) groups excluding carboxylic acids is 1. The van der Waals surface area contributed by atoms with Crippen molar-refractivity contribution in [2.75, 3.05) is 7.11 Å². The smallest absolute Gasteiger partial charge is 0.339 e. The van der Waals surface area contributed by atoms with Gasteiger partial charge in [-0.25, -0.2) is 4.79 Å². The average Bonchev–Trinajstić information content (AvgIpc) is 2.79. The molecule has 0 spiro atoms.